The third kappa shape index (κ3) is 4.00. The molecule has 0 radical (unpaired) electrons. The van der Waals surface area contributed by atoms with E-state index in [0.29, 0.717) is 25.8 Å². The summed E-state index contributed by atoms with van der Waals surface area (Å²) in [6.07, 6.45) is 5.35. The van der Waals surface area contributed by atoms with Gasteiger partial charge < -0.3 is 5.32 Å². The van der Waals surface area contributed by atoms with Crippen molar-refractivity contribution in [3.8, 4) is 0 Å². The van der Waals surface area contributed by atoms with Crippen molar-refractivity contribution in [3.05, 3.63) is 42.0 Å². The van der Waals surface area contributed by atoms with Crippen LogP contribution in [0.1, 0.15) is 25.3 Å². The molecule has 1 aliphatic heterocycles. The molecule has 3 rings (SSSR count). The molecule has 0 spiro atoms. The molecular weight excluding hydrogens is 382 g/mol. The second-order valence-corrected chi connectivity index (χ2v) is 8.67. The quantitative estimate of drug-likeness (QED) is 0.521. The Balaban J connectivity index is 1.55. The molecule has 0 saturated carbocycles. The molecule has 1 aromatic carbocycles. The lowest BCUT2D eigenvalue weighted by molar-refractivity contribution is -0.147. The van der Waals surface area contributed by atoms with E-state index >= 15 is 0 Å². The fourth-order valence-corrected chi connectivity index (χ4v) is 4.16. The predicted molar refractivity (Wildman–Crippen MR) is 101 cm³/mol. The molecule has 28 heavy (non-hydrogen) atoms. The number of rotatable bonds is 6. The number of carbonyl (C=O) groups is 3. The van der Waals surface area contributed by atoms with Crippen LogP contribution in [0.2, 0.25) is 0 Å². The minimum atomic E-state index is -3.74. The molecule has 1 fully saturated rings. The van der Waals surface area contributed by atoms with E-state index in [-0.39, 0.29) is 28.5 Å². The van der Waals surface area contributed by atoms with Crippen molar-refractivity contribution in [1.29, 1.82) is 0 Å². The van der Waals surface area contributed by atoms with Crippen LogP contribution in [-0.4, -0.2) is 43.6 Å². The SMILES string of the molecule is C[C@@H](C(=O)NCCc1ccc(S(N)(=O)=O)cc1)N1C(=O)[C@H]2CC=CC[C@H]2C1=O. The molecule has 1 aromatic rings. The standard InChI is InChI=1S/C19H23N3O5S/c1-12(22-18(24)15-4-2-3-5-16(15)19(22)25)17(23)21-11-10-13-6-8-14(9-7-13)28(20,26)27/h2-3,6-9,12,15-16H,4-5,10-11H2,1H3,(H,21,23)(H2,20,26,27)/t12-,15-,16+/m0/s1. The lowest BCUT2D eigenvalue weighted by Crippen LogP contribution is -2.48. The lowest BCUT2D eigenvalue weighted by atomic mass is 9.85. The molecule has 3 N–H and O–H groups in total. The van der Waals surface area contributed by atoms with Crippen LogP contribution < -0.4 is 10.5 Å². The van der Waals surface area contributed by atoms with Gasteiger partial charge in [0.25, 0.3) is 0 Å². The summed E-state index contributed by atoms with van der Waals surface area (Å²) < 4.78 is 22.5. The zero-order valence-electron chi connectivity index (χ0n) is 15.5. The van der Waals surface area contributed by atoms with E-state index in [1.807, 2.05) is 12.2 Å². The third-order valence-corrected chi connectivity index (χ3v) is 6.20. The summed E-state index contributed by atoms with van der Waals surface area (Å²) in [5.41, 5.74) is 0.825. The number of benzene rings is 1. The smallest absolute Gasteiger partial charge is 0.243 e. The van der Waals surface area contributed by atoms with Crippen LogP contribution in [-0.2, 0) is 30.8 Å². The number of allylic oxidation sites excluding steroid dienone is 2. The summed E-state index contributed by atoms with van der Waals surface area (Å²) in [4.78, 5) is 38.6. The molecule has 9 heteroatoms. The van der Waals surface area contributed by atoms with Crippen LogP contribution in [0.5, 0.6) is 0 Å². The molecule has 8 nitrogen and oxygen atoms in total. The number of hydrogen-bond acceptors (Lipinski definition) is 5. The van der Waals surface area contributed by atoms with E-state index in [0.717, 1.165) is 10.5 Å². The number of carbonyl (C=O) groups excluding carboxylic acids is 3. The number of imide groups is 1. The number of fused-ring (bicyclic) bond motifs is 1. The highest BCUT2D eigenvalue weighted by Crippen LogP contribution is 2.36. The van der Waals surface area contributed by atoms with Gasteiger partial charge in [-0.3, -0.25) is 19.3 Å². The zero-order valence-corrected chi connectivity index (χ0v) is 16.3. The van der Waals surface area contributed by atoms with Gasteiger partial charge in [0.2, 0.25) is 27.7 Å². The Kier molecular flexibility index (Phi) is 5.66. The summed E-state index contributed by atoms with van der Waals surface area (Å²) in [5, 5.41) is 7.79. The minimum Gasteiger partial charge on any atom is -0.354 e. The average Bonchev–Trinajstić information content (AvgIpc) is 2.92. The Labute approximate surface area is 163 Å². The molecule has 1 heterocycles. The Morgan fingerprint density at radius 3 is 2.18 bits per heavy atom. The van der Waals surface area contributed by atoms with E-state index in [9.17, 15) is 22.8 Å². The van der Waals surface area contributed by atoms with Crippen molar-refractivity contribution in [2.24, 2.45) is 17.0 Å². The van der Waals surface area contributed by atoms with Crippen LogP contribution in [0.3, 0.4) is 0 Å². The summed E-state index contributed by atoms with van der Waals surface area (Å²) >= 11 is 0. The largest absolute Gasteiger partial charge is 0.354 e. The Morgan fingerprint density at radius 1 is 1.14 bits per heavy atom. The van der Waals surface area contributed by atoms with Gasteiger partial charge in [0.05, 0.1) is 16.7 Å². The maximum atomic E-state index is 12.5. The van der Waals surface area contributed by atoms with Gasteiger partial charge >= 0.3 is 0 Å². The van der Waals surface area contributed by atoms with E-state index in [4.69, 9.17) is 5.14 Å². The van der Waals surface area contributed by atoms with Crippen LogP contribution in [0, 0.1) is 11.8 Å². The van der Waals surface area contributed by atoms with Gasteiger partial charge in [-0.2, -0.15) is 0 Å². The molecule has 3 amide bonds. The first-order valence-electron chi connectivity index (χ1n) is 9.11. The summed E-state index contributed by atoms with van der Waals surface area (Å²) in [5.74, 6) is -1.66. The van der Waals surface area contributed by atoms with Crippen LogP contribution in [0.15, 0.2) is 41.3 Å². The number of nitrogens with one attached hydrogen (secondary N) is 1. The number of likely N-dealkylation sites (tertiary alicyclic amines) is 1. The fourth-order valence-electron chi connectivity index (χ4n) is 3.65. The first-order valence-corrected chi connectivity index (χ1v) is 10.7. The fraction of sp³-hybridized carbons (Fsp3) is 0.421. The maximum absolute atomic E-state index is 12.5. The molecule has 3 atom stereocenters. The molecule has 0 unspecified atom stereocenters. The monoisotopic (exact) mass is 405 g/mol. The molecule has 1 saturated heterocycles. The number of primary sulfonamides is 1. The molecule has 0 aromatic heterocycles. The highest BCUT2D eigenvalue weighted by atomic mass is 32.2. The van der Waals surface area contributed by atoms with Gasteiger partial charge in [0, 0.05) is 6.54 Å². The molecule has 2 aliphatic rings. The maximum Gasteiger partial charge on any atom is 0.243 e. The van der Waals surface area contributed by atoms with Gasteiger partial charge in [0.15, 0.2) is 0 Å². The molecule has 150 valence electrons. The van der Waals surface area contributed by atoms with Crippen molar-refractivity contribution >= 4 is 27.7 Å². The number of sulfonamides is 1. The molecular formula is C19H23N3O5S. The zero-order chi connectivity index (χ0) is 20.5. The number of amides is 3. The Morgan fingerprint density at radius 2 is 1.68 bits per heavy atom. The summed E-state index contributed by atoms with van der Waals surface area (Å²) in [6.45, 7) is 1.85. The highest BCUT2D eigenvalue weighted by molar-refractivity contribution is 7.89. The summed E-state index contributed by atoms with van der Waals surface area (Å²) in [6, 6.07) is 5.20. The van der Waals surface area contributed by atoms with Crippen molar-refractivity contribution < 1.29 is 22.8 Å². The normalized spacial score (nSPS) is 22.9. The Hall–Kier alpha value is -2.52. The van der Waals surface area contributed by atoms with Gasteiger partial charge in [-0.15, -0.1) is 0 Å². The van der Waals surface area contributed by atoms with Crippen molar-refractivity contribution in [2.75, 3.05) is 6.54 Å². The van der Waals surface area contributed by atoms with E-state index < -0.39 is 22.0 Å². The van der Waals surface area contributed by atoms with E-state index in [2.05, 4.69) is 5.32 Å². The second-order valence-electron chi connectivity index (χ2n) is 7.11. The second kappa shape index (κ2) is 7.84. The average molecular weight is 405 g/mol. The third-order valence-electron chi connectivity index (χ3n) is 5.27. The molecule has 0 bridgehead atoms. The van der Waals surface area contributed by atoms with Crippen LogP contribution in [0.4, 0.5) is 0 Å². The number of hydrogen-bond donors (Lipinski definition) is 2. The van der Waals surface area contributed by atoms with E-state index in [1.165, 1.54) is 12.1 Å². The van der Waals surface area contributed by atoms with Crippen LogP contribution >= 0.6 is 0 Å². The number of nitrogens with zero attached hydrogens (tertiary/aromatic N) is 1. The number of nitrogens with two attached hydrogens (primary N) is 1. The Bertz CT molecular complexity index is 897. The van der Waals surface area contributed by atoms with Gasteiger partial charge in [-0.05, 0) is 43.9 Å². The van der Waals surface area contributed by atoms with Crippen molar-refractivity contribution in [2.45, 2.75) is 37.1 Å². The molecule has 1 aliphatic carbocycles. The van der Waals surface area contributed by atoms with Gasteiger partial charge in [-0.25, -0.2) is 13.6 Å². The van der Waals surface area contributed by atoms with Gasteiger partial charge in [-0.1, -0.05) is 24.3 Å². The first kappa shape index (κ1) is 20.2. The topological polar surface area (TPSA) is 127 Å². The minimum absolute atomic E-state index is 0.0240. The lowest BCUT2D eigenvalue weighted by Gasteiger charge is -2.22. The van der Waals surface area contributed by atoms with Crippen LogP contribution in [0.25, 0.3) is 0 Å². The van der Waals surface area contributed by atoms with Crippen molar-refractivity contribution in [3.63, 3.8) is 0 Å². The van der Waals surface area contributed by atoms with E-state index in [1.54, 1.807) is 19.1 Å². The first-order chi connectivity index (χ1) is 13.2. The predicted octanol–water partition coefficient (Wildman–Crippen LogP) is 0.332. The highest BCUT2D eigenvalue weighted by Gasteiger charge is 2.49. The van der Waals surface area contributed by atoms with Crippen molar-refractivity contribution in [1.82, 2.24) is 10.2 Å². The van der Waals surface area contributed by atoms with Gasteiger partial charge in [0.1, 0.15) is 6.04 Å². The summed E-state index contributed by atoms with van der Waals surface area (Å²) in [7, 11) is -3.74.